The second kappa shape index (κ2) is 9.53. The van der Waals surface area contributed by atoms with Gasteiger partial charge < -0.3 is 19.6 Å². The van der Waals surface area contributed by atoms with Crippen molar-refractivity contribution in [2.24, 2.45) is 5.92 Å². The molecular weight excluding hydrogens is 382 g/mol. The van der Waals surface area contributed by atoms with Gasteiger partial charge in [-0.3, -0.25) is 9.78 Å². The lowest BCUT2D eigenvalue weighted by Crippen LogP contribution is -2.13. The summed E-state index contributed by atoms with van der Waals surface area (Å²) in [5, 5.41) is 18.1. The monoisotopic (exact) mass is 401 g/mol. The van der Waals surface area contributed by atoms with Gasteiger partial charge in [-0.1, -0.05) is 26.0 Å². The molecule has 28 heavy (non-hydrogen) atoms. The van der Waals surface area contributed by atoms with Crippen molar-refractivity contribution in [3.8, 4) is 17.6 Å². The number of aromatic amines is 2. The topological polar surface area (TPSA) is 128 Å². The Bertz CT molecular complexity index is 1050. The summed E-state index contributed by atoms with van der Waals surface area (Å²) in [7, 11) is 0. The highest BCUT2D eigenvalue weighted by molar-refractivity contribution is 7.71. The van der Waals surface area contributed by atoms with Crippen LogP contribution in [0.5, 0.6) is 11.5 Å². The molecule has 0 aliphatic carbocycles. The Morgan fingerprint density at radius 2 is 2.07 bits per heavy atom. The third kappa shape index (κ3) is 5.56. The van der Waals surface area contributed by atoms with E-state index in [1.54, 1.807) is 24.3 Å². The molecule has 8 nitrogen and oxygen atoms in total. The molecule has 0 fully saturated rings. The largest absolute Gasteiger partial charge is 0.489 e. The highest BCUT2D eigenvalue weighted by Crippen LogP contribution is 2.33. The Labute approximate surface area is 166 Å². The molecule has 0 amide bonds. The molecule has 0 bridgehead atoms. The summed E-state index contributed by atoms with van der Waals surface area (Å²) in [6.07, 6.45) is 3.08. The van der Waals surface area contributed by atoms with Crippen LogP contribution >= 0.6 is 12.2 Å². The van der Waals surface area contributed by atoms with Crippen LogP contribution in [0.15, 0.2) is 23.0 Å². The lowest BCUT2D eigenvalue weighted by atomic mass is 10.1. The molecule has 2 rings (SSSR count). The minimum atomic E-state index is -1.13. The van der Waals surface area contributed by atoms with E-state index in [0.717, 1.165) is 0 Å². The number of aliphatic carboxylic acids is 1. The molecule has 1 aromatic carbocycles. The fraction of sp³-hybridized carbons (Fsp3) is 0.263. The summed E-state index contributed by atoms with van der Waals surface area (Å²) in [4.78, 5) is 27.9. The first-order valence-electron chi connectivity index (χ1n) is 8.37. The normalized spacial score (nSPS) is 10.8. The molecule has 1 heterocycles. The average Bonchev–Trinajstić information content (AvgIpc) is 2.62. The van der Waals surface area contributed by atoms with E-state index in [1.807, 2.05) is 19.9 Å². The van der Waals surface area contributed by atoms with Crippen LogP contribution in [0, 0.1) is 22.0 Å². The van der Waals surface area contributed by atoms with Gasteiger partial charge in [0, 0.05) is 5.56 Å². The predicted octanol–water partition coefficient (Wildman–Crippen LogP) is 2.97. The molecular formula is C19H19N3O5S. The van der Waals surface area contributed by atoms with Crippen molar-refractivity contribution < 1.29 is 19.4 Å². The van der Waals surface area contributed by atoms with Crippen molar-refractivity contribution in [1.82, 2.24) is 9.97 Å². The third-order valence-corrected chi connectivity index (χ3v) is 3.64. The number of hydrogen-bond acceptors (Lipinski definition) is 6. The number of para-hydroxylation sites is 1. The number of rotatable bonds is 8. The lowest BCUT2D eigenvalue weighted by Gasteiger charge is -2.15. The Balaban J connectivity index is 2.47. The summed E-state index contributed by atoms with van der Waals surface area (Å²) in [6, 6.07) is 6.93. The van der Waals surface area contributed by atoms with E-state index >= 15 is 0 Å². The number of nitrogens with one attached hydrogen (secondary N) is 2. The SMILES string of the molecule is CC(C)COc1cccc(/C=C/c2[nH]c(=S)[nH]c(=O)c2C#N)c1OCC(=O)O. The Hall–Kier alpha value is -3.38. The van der Waals surface area contributed by atoms with Gasteiger partial charge in [0.05, 0.1) is 12.3 Å². The summed E-state index contributed by atoms with van der Waals surface area (Å²) in [6.45, 7) is 3.86. The van der Waals surface area contributed by atoms with Gasteiger partial charge in [-0.15, -0.1) is 0 Å². The molecule has 2 aromatic rings. The molecule has 0 aliphatic rings. The molecule has 0 saturated heterocycles. The number of H-pyrrole nitrogens is 2. The molecule has 1 aromatic heterocycles. The molecule has 0 spiro atoms. The van der Waals surface area contributed by atoms with Gasteiger partial charge in [-0.05, 0) is 36.4 Å². The van der Waals surface area contributed by atoms with Gasteiger partial charge in [0.2, 0.25) is 0 Å². The van der Waals surface area contributed by atoms with Crippen LogP contribution in [0.1, 0.15) is 30.7 Å². The quantitative estimate of drug-likeness (QED) is 0.580. The van der Waals surface area contributed by atoms with Crippen LogP contribution < -0.4 is 15.0 Å². The molecule has 0 aliphatic heterocycles. The van der Waals surface area contributed by atoms with E-state index in [4.69, 9.17) is 26.8 Å². The fourth-order valence-corrected chi connectivity index (χ4v) is 2.44. The smallest absolute Gasteiger partial charge is 0.341 e. The molecule has 0 unspecified atom stereocenters. The second-order valence-corrected chi connectivity index (χ2v) is 6.61. The summed E-state index contributed by atoms with van der Waals surface area (Å²) in [5.74, 6) is -0.208. The van der Waals surface area contributed by atoms with E-state index in [-0.39, 0.29) is 27.7 Å². The Morgan fingerprint density at radius 3 is 2.71 bits per heavy atom. The Morgan fingerprint density at radius 1 is 1.32 bits per heavy atom. The van der Waals surface area contributed by atoms with Gasteiger partial charge in [0.15, 0.2) is 22.9 Å². The summed E-state index contributed by atoms with van der Waals surface area (Å²) in [5.41, 5.74) is 0.0345. The first-order valence-corrected chi connectivity index (χ1v) is 8.77. The number of carboxylic acids is 1. The number of nitrogens with zero attached hydrogens (tertiary/aromatic N) is 1. The molecule has 9 heteroatoms. The van der Waals surface area contributed by atoms with Crippen molar-refractivity contribution in [3.63, 3.8) is 0 Å². The zero-order chi connectivity index (χ0) is 20.7. The van der Waals surface area contributed by atoms with Crippen molar-refractivity contribution in [1.29, 1.82) is 5.26 Å². The first kappa shape index (κ1) is 20.9. The number of hydrogen-bond donors (Lipinski definition) is 3. The van der Waals surface area contributed by atoms with Gasteiger partial charge in [-0.2, -0.15) is 5.26 Å². The zero-order valence-corrected chi connectivity index (χ0v) is 16.1. The highest BCUT2D eigenvalue weighted by Gasteiger charge is 2.13. The zero-order valence-electron chi connectivity index (χ0n) is 15.3. The van der Waals surface area contributed by atoms with E-state index in [1.165, 1.54) is 6.08 Å². The molecule has 0 saturated carbocycles. The van der Waals surface area contributed by atoms with E-state index in [9.17, 15) is 14.9 Å². The predicted molar refractivity (Wildman–Crippen MR) is 106 cm³/mol. The van der Waals surface area contributed by atoms with E-state index in [0.29, 0.717) is 17.9 Å². The maximum atomic E-state index is 11.8. The molecule has 0 radical (unpaired) electrons. The minimum Gasteiger partial charge on any atom is -0.489 e. The van der Waals surface area contributed by atoms with Crippen LogP contribution in [-0.4, -0.2) is 34.3 Å². The van der Waals surface area contributed by atoms with Crippen LogP contribution in [-0.2, 0) is 4.79 Å². The number of ether oxygens (including phenoxy) is 2. The lowest BCUT2D eigenvalue weighted by molar-refractivity contribution is -0.139. The van der Waals surface area contributed by atoms with Gasteiger partial charge in [0.1, 0.15) is 11.6 Å². The number of benzene rings is 1. The van der Waals surface area contributed by atoms with Gasteiger partial charge in [-0.25, -0.2) is 4.79 Å². The van der Waals surface area contributed by atoms with Gasteiger partial charge >= 0.3 is 5.97 Å². The second-order valence-electron chi connectivity index (χ2n) is 6.20. The first-order chi connectivity index (χ1) is 13.3. The van der Waals surface area contributed by atoms with Gasteiger partial charge in [0.25, 0.3) is 5.56 Å². The van der Waals surface area contributed by atoms with Crippen LogP contribution in [0.3, 0.4) is 0 Å². The average molecular weight is 401 g/mol. The van der Waals surface area contributed by atoms with Crippen molar-refractivity contribution in [3.05, 3.63) is 50.1 Å². The molecule has 3 N–H and O–H groups in total. The summed E-state index contributed by atoms with van der Waals surface area (Å²) >= 11 is 4.94. The highest BCUT2D eigenvalue weighted by atomic mass is 32.1. The number of carboxylic acid groups (broad SMARTS) is 1. The van der Waals surface area contributed by atoms with Crippen LogP contribution in [0.2, 0.25) is 0 Å². The van der Waals surface area contributed by atoms with Crippen molar-refractivity contribution in [2.75, 3.05) is 13.2 Å². The standard InChI is InChI=1S/C19H19N3O5S/c1-11(2)9-26-15-5-3-4-12(17(15)27-10-16(23)24)6-7-14-13(8-20)18(25)22-19(28)21-14/h3-7,11H,9-10H2,1-2H3,(H,23,24)(H2,21,22,25,28)/b7-6+. The minimum absolute atomic E-state index is 0.0834. The third-order valence-electron chi connectivity index (χ3n) is 3.43. The Kier molecular flexibility index (Phi) is 7.12. The molecule has 0 atom stereocenters. The summed E-state index contributed by atoms with van der Waals surface area (Å²) < 4.78 is 11.2. The maximum Gasteiger partial charge on any atom is 0.341 e. The fourth-order valence-electron chi connectivity index (χ4n) is 2.24. The van der Waals surface area contributed by atoms with Crippen LogP contribution in [0.25, 0.3) is 12.2 Å². The van der Waals surface area contributed by atoms with Crippen molar-refractivity contribution >= 4 is 30.3 Å². The van der Waals surface area contributed by atoms with Crippen LogP contribution in [0.4, 0.5) is 0 Å². The maximum absolute atomic E-state index is 11.8. The number of carbonyl (C=O) groups is 1. The van der Waals surface area contributed by atoms with Crippen molar-refractivity contribution in [2.45, 2.75) is 13.8 Å². The number of nitriles is 1. The van der Waals surface area contributed by atoms with E-state index < -0.39 is 18.1 Å². The van der Waals surface area contributed by atoms with E-state index in [2.05, 4.69) is 9.97 Å². The number of aromatic nitrogens is 2. The molecule has 146 valence electrons.